The van der Waals surface area contributed by atoms with E-state index in [9.17, 15) is 14.9 Å². The van der Waals surface area contributed by atoms with Crippen LogP contribution in [0, 0.1) is 17.0 Å². The number of aromatic nitrogens is 1. The smallest absolute Gasteiger partial charge is 0.331 e. The van der Waals surface area contributed by atoms with Crippen molar-refractivity contribution in [2.45, 2.75) is 27.7 Å². The van der Waals surface area contributed by atoms with E-state index in [4.69, 9.17) is 4.74 Å². The second-order valence-electron chi connectivity index (χ2n) is 5.77. The van der Waals surface area contributed by atoms with Gasteiger partial charge in [-0.2, -0.15) is 0 Å². The van der Waals surface area contributed by atoms with E-state index in [1.807, 2.05) is 57.2 Å². The molecule has 3 aromatic rings. The minimum atomic E-state index is -0.553. The molecule has 6 heteroatoms. The highest BCUT2D eigenvalue weighted by Crippen LogP contribution is 2.34. The molecule has 0 saturated carbocycles. The van der Waals surface area contributed by atoms with Crippen LogP contribution >= 0.6 is 0 Å². The van der Waals surface area contributed by atoms with E-state index >= 15 is 0 Å². The van der Waals surface area contributed by atoms with Crippen LogP contribution in [0.4, 0.5) is 5.69 Å². The third kappa shape index (κ3) is 4.47. The summed E-state index contributed by atoms with van der Waals surface area (Å²) in [5.41, 5.74) is 2.35. The summed E-state index contributed by atoms with van der Waals surface area (Å²) < 4.78 is 5.16. The van der Waals surface area contributed by atoms with Crippen molar-refractivity contribution >= 4 is 22.2 Å². The van der Waals surface area contributed by atoms with Gasteiger partial charge >= 0.3 is 5.69 Å². The zero-order chi connectivity index (χ0) is 20.0. The molecular formula is C21H22N2O4. The predicted octanol–water partition coefficient (Wildman–Crippen LogP) is 5.11. The van der Waals surface area contributed by atoms with Crippen molar-refractivity contribution in [1.82, 2.24) is 4.98 Å². The summed E-state index contributed by atoms with van der Waals surface area (Å²) in [6.45, 7) is 7.12. The van der Waals surface area contributed by atoms with Crippen LogP contribution in [-0.2, 0) is 4.79 Å². The van der Waals surface area contributed by atoms with E-state index in [0.717, 1.165) is 21.9 Å². The molecule has 2 aromatic carbocycles. The Morgan fingerprint density at radius 1 is 1.15 bits per heavy atom. The van der Waals surface area contributed by atoms with E-state index in [2.05, 4.69) is 4.98 Å². The largest absolute Gasteiger partial charge is 0.465 e. The van der Waals surface area contributed by atoms with Crippen LogP contribution in [0.3, 0.4) is 0 Å². The van der Waals surface area contributed by atoms with Gasteiger partial charge in [-0.25, -0.2) is 4.98 Å². The normalized spacial score (nSPS) is 10.1. The molecule has 0 bridgehead atoms. The van der Waals surface area contributed by atoms with Crippen LogP contribution in [0.15, 0.2) is 48.7 Å². The molecule has 0 unspecified atom stereocenters. The standard InChI is InChI=1S/C19H16N2O4.C2H6/c1-12-7-8-16(17-6-4-3-5-15(12)17)14-9-18(21(23)24)19(20-10-14)25-11-13(2)22;1-2/h3-10H,11H2,1-2H3;1-2H3. The van der Waals surface area contributed by atoms with Crippen molar-refractivity contribution in [3.05, 3.63) is 64.3 Å². The molecule has 0 amide bonds. The number of benzene rings is 2. The van der Waals surface area contributed by atoms with Crippen LogP contribution in [0.25, 0.3) is 21.9 Å². The second kappa shape index (κ2) is 8.89. The molecule has 3 rings (SSSR count). The highest BCUT2D eigenvalue weighted by Gasteiger charge is 2.20. The van der Waals surface area contributed by atoms with Gasteiger partial charge in [0.05, 0.1) is 4.92 Å². The van der Waals surface area contributed by atoms with Crippen molar-refractivity contribution in [3.63, 3.8) is 0 Å². The van der Waals surface area contributed by atoms with Crippen LogP contribution in [0.2, 0.25) is 0 Å². The lowest BCUT2D eigenvalue weighted by molar-refractivity contribution is -0.386. The van der Waals surface area contributed by atoms with Gasteiger partial charge in [0.25, 0.3) is 5.88 Å². The lowest BCUT2D eigenvalue weighted by Crippen LogP contribution is -2.09. The third-order valence-electron chi connectivity index (χ3n) is 3.89. The molecule has 27 heavy (non-hydrogen) atoms. The van der Waals surface area contributed by atoms with Gasteiger partial charge in [0.2, 0.25) is 0 Å². The first-order chi connectivity index (χ1) is 13.0. The van der Waals surface area contributed by atoms with Gasteiger partial charge in [-0.3, -0.25) is 14.9 Å². The van der Waals surface area contributed by atoms with Crippen molar-refractivity contribution in [2.75, 3.05) is 6.61 Å². The van der Waals surface area contributed by atoms with Crippen molar-refractivity contribution < 1.29 is 14.5 Å². The molecule has 0 aliphatic carbocycles. The number of nitro groups is 1. The number of pyridine rings is 1. The molecule has 0 atom stereocenters. The second-order valence-corrected chi connectivity index (χ2v) is 5.77. The molecule has 0 aliphatic rings. The van der Waals surface area contributed by atoms with Crippen LogP contribution in [-0.4, -0.2) is 22.3 Å². The number of aryl methyl sites for hydroxylation is 1. The molecular weight excluding hydrogens is 344 g/mol. The molecule has 0 aliphatic heterocycles. The van der Waals surface area contributed by atoms with Crippen LogP contribution in [0.5, 0.6) is 5.88 Å². The predicted molar refractivity (Wildman–Crippen MR) is 106 cm³/mol. The van der Waals surface area contributed by atoms with Gasteiger partial charge in [-0.05, 0) is 35.7 Å². The summed E-state index contributed by atoms with van der Waals surface area (Å²) in [6.07, 6.45) is 1.53. The van der Waals surface area contributed by atoms with Gasteiger partial charge in [0.1, 0.15) is 6.61 Å². The van der Waals surface area contributed by atoms with Gasteiger partial charge < -0.3 is 4.74 Å². The van der Waals surface area contributed by atoms with Gasteiger partial charge in [-0.15, -0.1) is 0 Å². The maximum absolute atomic E-state index is 11.4. The fraction of sp³-hybridized carbons (Fsp3) is 0.238. The first-order valence-electron chi connectivity index (χ1n) is 8.73. The summed E-state index contributed by atoms with van der Waals surface area (Å²) in [7, 11) is 0. The summed E-state index contributed by atoms with van der Waals surface area (Å²) in [5, 5.41) is 13.4. The summed E-state index contributed by atoms with van der Waals surface area (Å²) >= 11 is 0. The Labute approximate surface area is 158 Å². The number of carbonyl (C=O) groups excluding carboxylic acids is 1. The fourth-order valence-electron chi connectivity index (χ4n) is 2.70. The number of hydrogen-bond acceptors (Lipinski definition) is 5. The molecule has 0 radical (unpaired) electrons. The zero-order valence-electron chi connectivity index (χ0n) is 15.9. The lowest BCUT2D eigenvalue weighted by atomic mass is 9.96. The SMILES string of the molecule is CC.CC(=O)COc1ncc(-c2ccc(C)c3ccccc23)cc1[N+](=O)[O-]. The third-order valence-corrected chi connectivity index (χ3v) is 3.89. The first-order valence-corrected chi connectivity index (χ1v) is 8.73. The fourth-order valence-corrected chi connectivity index (χ4v) is 2.70. The van der Waals surface area contributed by atoms with E-state index in [0.29, 0.717) is 5.56 Å². The van der Waals surface area contributed by atoms with E-state index in [1.165, 1.54) is 19.2 Å². The lowest BCUT2D eigenvalue weighted by Gasteiger charge is -2.10. The van der Waals surface area contributed by atoms with Crippen molar-refractivity contribution in [2.24, 2.45) is 0 Å². The van der Waals surface area contributed by atoms with E-state index < -0.39 is 4.92 Å². The number of ketones is 1. The Morgan fingerprint density at radius 3 is 2.44 bits per heavy atom. The maximum Gasteiger partial charge on any atom is 0.331 e. The monoisotopic (exact) mass is 366 g/mol. The molecule has 0 N–H and O–H groups in total. The summed E-state index contributed by atoms with van der Waals surface area (Å²) in [6, 6.07) is 13.2. The Morgan fingerprint density at radius 2 is 1.81 bits per heavy atom. The Balaban J connectivity index is 0.00000126. The Hall–Kier alpha value is -3.28. The number of nitrogens with zero attached hydrogens (tertiary/aromatic N) is 2. The number of rotatable bonds is 5. The molecule has 0 saturated heterocycles. The number of hydrogen-bond donors (Lipinski definition) is 0. The van der Waals surface area contributed by atoms with E-state index in [-0.39, 0.29) is 24.0 Å². The van der Waals surface area contributed by atoms with Crippen LogP contribution in [0.1, 0.15) is 26.3 Å². The van der Waals surface area contributed by atoms with Gasteiger partial charge in [0.15, 0.2) is 5.78 Å². The quantitative estimate of drug-likeness (QED) is 0.463. The summed E-state index contributed by atoms with van der Waals surface area (Å²) in [5.74, 6) is -0.384. The number of carbonyl (C=O) groups is 1. The number of ether oxygens (including phenoxy) is 1. The Kier molecular flexibility index (Phi) is 6.60. The zero-order valence-corrected chi connectivity index (χ0v) is 15.9. The minimum absolute atomic E-state index is 0.152. The maximum atomic E-state index is 11.4. The summed E-state index contributed by atoms with van der Waals surface area (Å²) in [4.78, 5) is 25.9. The number of fused-ring (bicyclic) bond motifs is 1. The average Bonchev–Trinajstić information content (AvgIpc) is 2.68. The van der Waals surface area contributed by atoms with Crippen molar-refractivity contribution in [3.8, 4) is 17.0 Å². The highest BCUT2D eigenvalue weighted by atomic mass is 16.6. The molecule has 1 heterocycles. The molecule has 0 fully saturated rings. The van der Waals surface area contributed by atoms with Crippen molar-refractivity contribution in [1.29, 1.82) is 0 Å². The van der Waals surface area contributed by atoms with Gasteiger partial charge in [0, 0.05) is 17.8 Å². The Bertz CT molecular complexity index is 983. The van der Waals surface area contributed by atoms with Gasteiger partial charge in [-0.1, -0.05) is 50.2 Å². The first kappa shape index (κ1) is 20.0. The van der Waals surface area contributed by atoms with E-state index in [1.54, 1.807) is 0 Å². The molecule has 140 valence electrons. The molecule has 1 aromatic heterocycles. The van der Waals surface area contributed by atoms with Crippen LogP contribution < -0.4 is 4.74 Å². The minimum Gasteiger partial charge on any atom is -0.465 e. The average molecular weight is 366 g/mol. The molecule has 6 nitrogen and oxygen atoms in total. The number of Topliss-reactive ketones (excluding diaryl/α,β-unsaturated/α-hetero) is 1. The molecule has 0 spiro atoms. The highest BCUT2D eigenvalue weighted by molar-refractivity contribution is 5.98. The topological polar surface area (TPSA) is 82.3 Å².